The summed E-state index contributed by atoms with van der Waals surface area (Å²) in [5.74, 6) is -1.98. The Labute approximate surface area is 108 Å². The van der Waals surface area contributed by atoms with Crippen LogP contribution < -0.4 is 5.32 Å². The van der Waals surface area contributed by atoms with Gasteiger partial charge in [-0.1, -0.05) is 6.07 Å². The largest absolute Gasteiger partial charge is 0.352 e. The van der Waals surface area contributed by atoms with Gasteiger partial charge >= 0.3 is 0 Å². The van der Waals surface area contributed by atoms with Crippen LogP contribution in [-0.2, 0) is 0 Å². The fourth-order valence-electron chi connectivity index (χ4n) is 1.63. The van der Waals surface area contributed by atoms with E-state index >= 15 is 0 Å². The summed E-state index contributed by atoms with van der Waals surface area (Å²) >= 11 is 0. The number of benzene rings is 2. The lowest BCUT2D eigenvalue weighted by atomic mass is 10.1. The van der Waals surface area contributed by atoms with Crippen LogP contribution in [0.1, 0.15) is 11.1 Å². The number of nitriles is 1. The van der Waals surface area contributed by atoms with E-state index < -0.39 is 17.5 Å². The van der Waals surface area contributed by atoms with E-state index in [9.17, 15) is 13.2 Å². The van der Waals surface area contributed by atoms with Crippen LogP contribution in [0.2, 0.25) is 0 Å². The Kier molecular flexibility index (Phi) is 3.43. The molecule has 0 saturated carbocycles. The molecule has 2 aromatic rings. The highest BCUT2D eigenvalue weighted by atomic mass is 19.1. The number of hydrogen-bond acceptors (Lipinski definition) is 2. The molecule has 0 amide bonds. The SMILES string of the molecule is Cc1cc(F)c(Nc2cccc(F)c2C#N)cc1F. The van der Waals surface area contributed by atoms with Gasteiger partial charge in [0.05, 0.1) is 11.4 Å². The zero-order valence-corrected chi connectivity index (χ0v) is 9.97. The molecule has 1 N–H and O–H groups in total. The van der Waals surface area contributed by atoms with Crippen molar-refractivity contribution in [2.45, 2.75) is 6.92 Å². The summed E-state index contributed by atoms with van der Waals surface area (Å²) in [6.45, 7) is 1.44. The van der Waals surface area contributed by atoms with Crippen molar-refractivity contribution in [1.82, 2.24) is 0 Å². The summed E-state index contributed by atoms with van der Waals surface area (Å²) in [7, 11) is 0. The molecule has 0 aliphatic rings. The van der Waals surface area contributed by atoms with Crippen molar-refractivity contribution >= 4 is 11.4 Å². The second-order valence-electron chi connectivity index (χ2n) is 3.98. The normalized spacial score (nSPS) is 10.1. The van der Waals surface area contributed by atoms with Crippen molar-refractivity contribution in [2.75, 3.05) is 5.32 Å². The van der Waals surface area contributed by atoms with Crippen LogP contribution in [-0.4, -0.2) is 0 Å². The Hall–Kier alpha value is -2.48. The van der Waals surface area contributed by atoms with E-state index in [1.165, 1.54) is 19.1 Å². The number of anilines is 2. The molecule has 0 bridgehead atoms. The molecule has 0 aromatic heterocycles. The van der Waals surface area contributed by atoms with Gasteiger partial charge in [-0.25, -0.2) is 13.2 Å². The average Bonchev–Trinajstić information content (AvgIpc) is 2.36. The topological polar surface area (TPSA) is 35.8 Å². The van der Waals surface area contributed by atoms with Gasteiger partial charge in [-0.2, -0.15) is 5.26 Å². The van der Waals surface area contributed by atoms with E-state index in [4.69, 9.17) is 5.26 Å². The molecule has 96 valence electrons. The lowest BCUT2D eigenvalue weighted by molar-refractivity contribution is 0.595. The second-order valence-corrected chi connectivity index (χ2v) is 3.98. The quantitative estimate of drug-likeness (QED) is 0.887. The van der Waals surface area contributed by atoms with Gasteiger partial charge in [-0.05, 0) is 30.7 Å². The fourth-order valence-corrected chi connectivity index (χ4v) is 1.63. The molecule has 2 rings (SSSR count). The van der Waals surface area contributed by atoms with E-state index in [0.29, 0.717) is 0 Å². The van der Waals surface area contributed by atoms with Gasteiger partial charge in [-0.3, -0.25) is 0 Å². The summed E-state index contributed by atoms with van der Waals surface area (Å²) in [6.07, 6.45) is 0. The molecule has 0 radical (unpaired) electrons. The summed E-state index contributed by atoms with van der Waals surface area (Å²) in [5.41, 5.74) is -0.138. The van der Waals surface area contributed by atoms with E-state index in [-0.39, 0.29) is 22.5 Å². The van der Waals surface area contributed by atoms with E-state index in [2.05, 4.69) is 5.32 Å². The molecule has 0 atom stereocenters. The number of nitrogens with one attached hydrogen (secondary N) is 1. The Balaban J connectivity index is 2.45. The molecule has 0 unspecified atom stereocenters. The summed E-state index contributed by atoms with van der Waals surface area (Å²) in [5, 5.41) is 11.4. The Morgan fingerprint density at radius 3 is 2.42 bits per heavy atom. The summed E-state index contributed by atoms with van der Waals surface area (Å²) < 4.78 is 40.4. The Bertz CT molecular complexity index is 675. The lowest BCUT2D eigenvalue weighted by Crippen LogP contribution is -1.99. The van der Waals surface area contributed by atoms with Crippen LogP contribution in [0.4, 0.5) is 24.5 Å². The summed E-state index contributed by atoms with van der Waals surface area (Å²) in [6, 6.07) is 7.59. The van der Waals surface area contributed by atoms with Crippen molar-refractivity contribution in [2.24, 2.45) is 0 Å². The van der Waals surface area contributed by atoms with Crippen LogP contribution in [0, 0.1) is 35.7 Å². The first kappa shape index (κ1) is 13.0. The van der Waals surface area contributed by atoms with Gasteiger partial charge in [0.25, 0.3) is 0 Å². The number of rotatable bonds is 2. The van der Waals surface area contributed by atoms with E-state index in [1.54, 1.807) is 6.07 Å². The van der Waals surface area contributed by atoms with E-state index in [1.807, 2.05) is 0 Å². The van der Waals surface area contributed by atoms with Crippen molar-refractivity contribution in [3.63, 3.8) is 0 Å². The molecule has 0 fully saturated rings. The number of halogens is 3. The maximum atomic E-state index is 13.6. The third-order valence-corrected chi connectivity index (χ3v) is 2.64. The highest BCUT2D eigenvalue weighted by Gasteiger charge is 2.11. The first-order chi connectivity index (χ1) is 9.02. The van der Waals surface area contributed by atoms with Crippen LogP contribution in [0.5, 0.6) is 0 Å². The fraction of sp³-hybridized carbons (Fsp3) is 0.0714. The third kappa shape index (κ3) is 2.52. The summed E-state index contributed by atoms with van der Waals surface area (Å²) in [4.78, 5) is 0. The van der Waals surface area contributed by atoms with Crippen molar-refractivity contribution in [3.05, 3.63) is 58.9 Å². The average molecular weight is 262 g/mol. The zero-order chi connectivity index (χ0) is 14.0. The van der Waals surface area contributed by atoms with Gasteiger partial charge in [0.15, 0.2) is 0 Å². The highest BCUT2D eigenvalue weighted by molar-refractivity contribution is 5.67. The van der Waals surface area contributed by atoms with Crippen LogP contribution in [0.3, 0.4) is 0 Å². The molecule has 19 heavy (non-hydrogen) atoms. The van der Waals surface area contributed by atoms with Crippen molar-refractivity contribution in [1.29, 1.82) is 5.26 Å². The molecule has 0 saturated heterocycles. The molecule has 0 spiro atoms. The monoisotopic (exact) mass is 262 g/mol. The van der Waals surface area contributed by atoms with Gasteiger partial charge in [-0.15, -0.1) is 0 Å². The standard InChI is InChI=1S/C14H9F3N2/c1-8-5-12(17)14(6-11(8)16)19-13-4-2-3-10(15)9(13)7-18/h2-6,19H,1H3. The van der Waals surface area contributed by atoms with Crippen molar-refractivity contribution < 1.29 is 13.2 Å². The minimum absolute atomic E-state index is 0.0876. The molecule has 5 heteroatoms. The first-order valence-corrected chi connectivity index (χ1v) is 5.44. The number of aryl methyl sites for hydroxylation is 1. The van der Waals surface area contributed by atoms with Gasteiger partial charge in [0.2, 0.25) is 0 Å². The molecule has 2 nitrogen and oxygen atoms in total. The zero-order valence-electron chi connectivity index (χ0n) is 9.97. The maximum absolute atomic E-state index is 13.6. The number of nitrogens with zero attached hydrogens (tertiary/aromatic N) is 1. The van der Waals surface area contributed by atoms with Crippen molar-refractivity contribution in [3.8, 4) is 6.07 Å². The Morgan fingerprint density at radius 2 is 1.74 bits per heavy atom. The highest BCUT2D eigenvalue weighted by Crippen LogP contribution is 2.26. The maximum Gasteiger partial charge on any atom is 0.147 e. The van der Waals surface area contributed by atoms with Gasteiger partial charge < -0.3 is 5.32 Å². The lowest BCUT2D eigenvalue weighted by Gasteiger charge is -2.10. The second kappa shape index (κ2) is 5.02. The molecule has 0 aliphatic carbocycles. The molecular formula is C14H9F3N2. The minimum Gasteiger partial charge on any atom is -0.352 e. The molecule has 2 aromatic carbocycles. The van der Waals surface area contributed by atoms with Crippen LogP contribution in [0.15, 0.2) is 30.3 Å². The van der Waals surface area contributed by atoms with E-state index in [0.717, 1.165) is 18.2 Å². The molecule has 0 heterocycles. The van der Waals surface area contributed by atoms with Crippen LogP contribution >= 0.6 is 0 Å². The minimum atomic E-state index is -0.722. The Morgan fingerprint density at radius 1 is 1.00 bits per heavy atom. The molecular weight excluding hydrogens is 253 g/mol. The smallest absolute Gasteiger partial charge is 0.147 e. The third-order valence-electron chi connectivity index (χ3n) is 2.64. The molecule has 0 aliphatic heterocycles. The predicted molar refractivity (Wildman–Crippen MR) is 65.5 cm³/mol. The number of hydrogen-bond donors (Lipinski definition) is 1. The van der Waals surface area contributed by atoms with Crippen LogP contribution in [0.25, 0.3) is 0 Å². The van der Waals surface area contributed by atoms with Gasteiger partial charge in [0.1, 0.15) is 29.1 Å². The first-order valence-electron chi connectivity index (χ1n) is 5.44. The predicted octanol–water partition coefficient (Wildman–Crippen LogP) is 4.03. The van der Waals surface area contributed by atoms with Gasteiger partial charge in [0, 0.05) is 6.07 Å².